The van der Waals surface area contributed by atoms with Crippen molar-refractivity contribution in [2.75, 3.05) is 0 Å². The fourth-order valence-electron chi connectivity index (χ4n) is 9.56. The van der Waals surface area contributed by atoms with Crippen LogP contribution in [0.5, 0.6) is 0 Å². The van der Waals surface area contributed by atoms with E-state index in [2.05, 4.69) is 45.6 Å². The molecular formula is C57H86O6. The number of hydrogen-bond donors (Lipinski definition) is 3. The van der Waals surface area contributed by atoms with Gasteiger partial charge in [0.1, 0.15) is 17.5 Å². The van der Waals surface area contributed by atoms with Gasteiger partial charge in [0.05, 0.1) is 23.5 Å². The summed E-state index contributed by atoms with van der Waals surface area (Å²) in [5.41, 5.74) is 0.601. The predicted octanol–water partition coefficient (Wildman–Crippen LogP) is 14.3. The number of aliphatic hydroxyl groups is 3. The van der Waals surface area contributed by atoms with Gasteiger partial charge in [-0.05, 0) is 94.9 Å². The maximum atomic E-state index is 12.6. The summed E-state index contributed by atoms with van der Waals surface area (Å²) in [7, 11) is 0. The van der Waals surface area contributed by atoms with Crippen molar-refractivity contribution in [2.45, 2.75) is 221 Å². The molecule has 0 amide bonds. The first-order chi connectivity index (χ1) is 29.9. The highest BCUT2D eigenvalue weighted by molar-refractivity contribution is 5.95. The van der Waals surface area contributed by atoms with E-state index in [1.807, 2.05) is 56.6 Å². The van der Waals surface area contributed by atoms with E-state index in [0.29, 0.717) is 12.2 Å². The number of unbranched alkanes of at least 4 members (excludes halogenated alkanes) is 16. The molecule has 0 aromatic heterocycles. The minimum absolute atomic E-state index is 0.0360. The quantitative estimate of drug-likeness (QED) is 0.0278. The van der Waals surface area contributed by atoms with Crippen LogP contribution in [-0.4, -0.2) is 44.7 Å². The molecule has 1 fully saturated rings. The maximum Gasteiger partial charge on any atom is 0.343 e. The summed E-state index contributed by atoms with van der Waals surface area (Å²) < 4.78 is 11.7. The monoisotopic (exact) mass is 867 g/mol. The molecule has 2 aliphatic carbocycles. The Kier molecular flexibility index (Phi) is 23.0. The Labute approximate surface area is 384 Å². The number of cyclic esters (lactones) is 1. The third-order valence-electron chi connectivity index (χ3n) is 13.2. The van der Waals surface area contributed by atoms with Crippen molar-refractivity contribution in [1.29, 1.82) is 0 Å². The first-order valence-electron chi connectivity index (χ1n) is 24.6. The Balaban J connectivity index is 1.36. The first-order valence-corrected chi connectivity index (χ1v) is 24.6. The van der Waals surface area contributed by atoms with Gasteiger partial charge < -0.3 is 24.8 Å². The average molecular weight is 867 g/mol. The molecule has 6 nitrogen and oxygen atoms in total. The lowest BCUT2D eigenvalue weighted by Gasteiger charge is -2.54. The van der Waals surface area contributed by atoms with Gasteiger partial charge in [-0.2, -0.15) is 0 Å². The predicted molar refractivity (Wildman–Crippen MR) is 263 cm³/mol. The topological polar surface area (TPSA) is 96.2 Å². The van der Waals surface area contributed by atoms with E-state index >= 15 is 0 Å². The zero-order valence-corrected chi connectivity index (χ0v) is 41.0. The number of allylic oxidation sites excluding steroid dienone is 12. The molecule has 1 heterocycles. The van der Waals surface area contributed by atoms with Crippen LogP contribution in [0.1, 0.15) is 197 Å². The number of carbonyl (C=O) groups excluding carboxylic acids is 1. The van der Waals surface area contributed by atoms with Gasteiger partial charge in [-0.3, -0.25) is 0 Å². The smallest absolute Gasteiger partial charge is 0.343 e. The summed E-state index contributed by atoms with van der Waals surface area (Å²) in [6.07, 6.45) is 47.4. The number of ether oxygens (including phenoxy) is 2. The van der Waals surface area contributed by atoms with Gasteiger partial charge in [0.25, 0.3) is 0 Å². The second-order valence-electron chi connectivity index (χ2n) is 20.3. The molecule has 4 atom stereocenters. The van der Waals surface area contributed by atoms with Crippen LogP contribution >= 0.6 is 0 Å². The normalized spacial score (nSPS) is 26.1. The zero-order valence-electron chi connectivity index (χ0n) is 41.0. The molecule has 0 aromatic rings. The lowest BCUT2D eigenvalue weighted by Crippen LogP contribution is -2.65. The molecule has 3 aliphatic rings. The van der Waals surface area contributed by atoms with Gasteiger partial charge in [0.15, 0.2) is 0 Å². The average Bonchev–Trinajstić information content (AvgIpc) is 3.55. The van der Waals surface area contributed by atoms with Crippen molar-refractivity contribution in [1.82, 2.24) is 0 Å². The highest BCUT2D eigenvalue weighted by atomic mass is 16.5. The Bertz CT molecular complexity index is 1770. The van der Waals surface area contributed by atoms with Crippen molar-refractivity contribution in [3.05, 3.63) is 107 Å². The first kappa shape index (κ1) is 53.7. The lowest BCUT2D eigenvalue weighted by molar-refractivity contribution is -0.216. The van der Waals surface area contributed by atoms with Crippen LogP contribution in [0.4, 0.5) is 0 Å². The Morgan fingerprint density at radius 3 is 1.95 bits per heavy atom. The number of aliphatic hydroxyl groups excluding tert-OH is 1. The van der Waals surface area contributed by atoms with E-state index in [0.717, 1.165) is 30.4 Å². The summed E-state index contributed by atoms with van der Waals surface area (Å²) in [4.78, 5) is 12.6. The molecule has 3 rings (SSSR count). The molecule has 6 heteroatoms. The van der Waals surface area contributed by atoms with E-state index in [9.17, 15) is 20.1 Å². The fraction of sp³-hybridized carbons (Fsp3) is 0.632. The lowest BCUT2D eigenvalue weighted by atomic mass is 9.57. The van der Waals surface area contributed by atoms with Gasteiger partial charge in [-0.15, -0.1) is 0 Å². The van der Waals surface area contributed by atoms with Crippen molar-refractivity contribution in [3.63, 3.8) is 0 Å². The molecule has 3 N–H and O–H groups in total. The Hall–Kier alpha value is -3.63. The Morgan fingerprint density at radius 1 is 0.810 bits per heavy atom. The molecule has 0 spiro atoms. The van der Waals surface area contributed by atoms with E-state index in [1.165, 1.54) is 133 Å². The van der Waals surface area contributed by atoms with Gasteiger partial charge >= 0.3 is 5.97 Å². The van der Waals surface area contributed by atoms with E-state index in [-0.39, 0.29) is 23.5 Å². The molecular weight excluding hydrogens is 781 g/mol. The molecule has 63 heavy (non-hydrogen) atoms. The van der Waals surface area contributed by atoms with Crippen LogP contribution in [-0.2, 0) is 14.3 Å². The number of hydrogen-bond acceptors (Lipinski definition) is 6. The highest BCUT2D eigenvalue weighted by Crippen LogP contribution is 2.50. The summed E-state index contributed by atoms with van der Waals surface area (Å²) in [5.74, 6) is 6.74. The molecule has 0 radical (unpaired) electrons. The zero-order chi connectivity index (χ0) is 46.4. The van der Waals surface area contributed by atoms with Gasteiger partial charge in [0, 0.05) is 29.2 Å². The standard InChI is InChI=1S/C57H86O6/c1-10-11-12-13-14-15-16-17-18-19-20-21-22-23-24-25-28-31-38-62-51-40-47(4)52(54(5,6)44-51)35-34-45(2)32-29-26-27-30-33-46(3)39-50-41-48(53(59)63-50)36-37-57(61)55(7,8)42-49(58)43-56(57,9)60/h26-27,29-33,36-39,41,49,51,58,60-61H,10-25,28,40,42-44H2,1-9H3. The van der Waals surface area contributed by atoms with Crippen LogP contribution in [0.3, 0.4) is 0 Å². The van der Waals surface area contributed by atoms with Crippen molar-refractivity contribution >= 4 is 5.97 Å². The molecule has 0 saturated heterocycles. The summed E-state index contributed by atoms with van der Waals surface area (Å²) in [5, 5.41) is 32.8. The SMILES string of the molecule is CCCCCCCCCCCCCCCCCCC=COC1CC(C)=C(C#CC(C)=CC=CC=CC=C(C)C=C2C=C(C=CC3(O)C(C)(C)CC(O)CC3(C)O)C(=O)O2)C(C)(C)C1. The minimum Gasteiger partial charge on any atom is -0.498 e. The van der Waals surface area contributed by atoms with Crippen molar-refractivity contribution in [2.24, 2.45) is 10.8 Å². The number of esters is 1. The van der Waals surface area contributed by atoms with E-state index in [1.54, 1.807) is 26.0 Å². The van der Waals surface area contributed by atoms with Crippen LogP contribution in [0.25, 0.3) is 0 Å². The van der Waals surface area contributed by atoms with Gasteiger partial charge in [-0.1, -0.05) is 185 Å². The maximum absolute atomic E-state index is 12.6. The summed E-state index contributed by atoms with van der Waals surface area (Å²) >= 11 is 0. The molecule has 4 unspecified atom stereocenters. The summed E-state index contributed by atoms with van der Waals surface area (Å²) in [6, 6.07) is 0. The van der Waals surface area contributed by atoms with Crippen LogP contribution in [0, 0.1) is 22.7 Å². The van der Waals surface area contributed by atoms with Crippen molar-refractivity contribution < 1.29 is 29.6 Å². The molecule has 1 aliphatic heterocycles. The fourth-order valence-corrected chi connectivity index (χ4v) is 9.56. The van der Waals surface area contributed by atoms with E-state index < -0.39 is 28.7 Å². The molecule has 0 bridgehead atoms. The Morgan fingerprint density at radius 2 is 1.38 bits per heavy atom. The third-order valence-corrected chi connectivity index (χ3v) is 13.2. The highest BCUT2D eigenvalue weighted by Gasteiger charge is 2.58. The van der Waals surface area contributed by atoms with Crippen LogP contribution in [0.15, 0.2) is 107 Å². The van der Waals surface area contributed by atoms with Crippen molar-refractivity contribution in [3.8, 4) is 11.8 Å². The molecule has 1 saturated carbocycles. The second-order valence-corrected chi connectivity index (χ2v) is 20.3. The number of carbonyl (C=O) groups is 1. The largest absolute Gasteiger partial charge is 0.498 e. The van der Waals surface area contributed by atoms with Crippen LogP contribution in [0.2, 0.25) is 0 Å². The summed E-state index contributed by atoms with van der Waals surface area (Å²) in [6.45, 7) is 18.1. The minimum atomic E-state index is -1.65. The van der Waals surface area contributed by atoms with Crippen LogP contribution < -0.4 is 0 Å². The van der Waals surface area contributed by atoms with Gasteiger partial charge in [-0.25, -0.2) is 4.79 Å². The number of rotatable bonds is 25. The molecule has 0 aromatic carbocycles. The van der Waals surface area contributed by atoms with E-state index in [4.69, 9.17) is 9.47 Å². The third kappa shape index (κ3) is 18.4. The molecule has 350 valence electrons. The van der Waals surface area contributed by atoms with Gasteiger partial charge in [0.2, 0.25) is 0 Å². The second kappa shape index (κ2) is 27.0.